The Morgan fingerprint density at radius 2 is 0.576 bits per heavy atom. The second-order valence-corrected chi connectivity index (χ2v) is 19.1. The van der Waals surface area contributed by atoms with E-state index in [9.17, 15) is 20.1 Å². The molecule has 3 N–H and O–H groups in total. The van der Waals surface area contributed by atoms with Gasteiger partial charge in [-0.3, -0.25) is 4.79 Å². The monoisotopic (exact) mass is 833 g/mol. The molecular formula is C55H108O4. The number of aliphatic hydroxyl groups excluding tert-OH is 2. The van der Waals surface area contributed by atoms with Crippen molar-refractivity contribution in [3.05, 3.63) is 12.2 Å². The molecule has 0 rings (SSSR count). The van der Waals surface area contributed by atoms with E-state index >= 15 is 0 Å². The molecule has 0 aliphatic carbocycles. The maximum absolute atomic E-state index is 13.6. The van der Waals surface area contributed by atoms with Gasteiger partial charge in [-0.25, -0.2) is 0 Å². The molecule has 0 aliphatic heterocycles. The largest absolute Gasteiger partial charge is 0.390 e. The van der Waals surface area contributed by atoms with Gasteiger partial charge in [0.1, 0.15) is 0 Å². The quantitative estimate of drug-likeness (QED) is 0.0421. The van der Waals surface area contributed by atoms with Gasteiger partial charge in [0.2, 0.25) is 0 Å². The first kappa shape index (κ1) is 58.3. The number of carbonyl (C=O) groups is 1. The van der Waals surface area contributed by atoms with E-state index in [0.29, 0.717) is 19.3 Å². The lowest BCUT2D eigenvalue weighted by atomic mass is 9.79. The molecule has 4 nitrogen and oxygen atoms in total. The Morgan fingerprint density at radius 1 is 0.356 bits per heavy atom. The Balaban J connectivity index is 4.51. The first-order valence-corrected chi connectivity index (χ1v) is 27.2. The predicted molar refractivity (Wildman–Crippen MR) is 261 cm³/mol. The molecule has 0 spiro atoms. The standard InChI is InChI=1S/C55H108O4/c1-4-7-10-13-16-19-22-25-28-30-33-36-39-42-45-48-51-54(58)55(59,52(56)49-46-43-40-37-34-31-27-24-21-18-15-12-9-6-3)53(57)50-47-44-41-38-35-32-29-26-23-20-17-14-11-8-5-2/h26,29,52,54,56,58-59H,4-25,27-28,30-51H2,1-3H3/b29-26-. The normalized spacial score (nSPS) is 14.0. The summed E-state index contributed by atoms with van der Waals surface area (Å²) in [6.45, 7) is 6.83. The maximum atomic E-state index is 13.6. The van der Waals surface area contributed by atoms with Crippen LogP contribution in [0.5, 0.6) is 0 Å². The van der Waals surface area contributed by atoms with E-state index < -0.39 is 17.8 Å². The second-order valence-electron chi connectivity index (χ2n) is 19.1. The van der Waals surface area contributed by atoms with E-state index in [-0.39, 0.29) is 12.2 Å². The van der Waals surface area contributed by atoms with Gasteiger partial charge in [0.25, 0.3) is 0 Å². The van der Waals surface area contributed by atoms with Gasteiger partial charge in [-0.2, -0.15) is 0 Å². The van der Waals surface area contributed by atoms with Gasteiger partial charge in [-0.1, -0.05) is 277 Å². The van der Waals surface area contributed by atoms with Crippen molar-refractivity contribution in [1.82, 2.24) is 0 Å². The summed E-state index contributed by atoms with van der Waals surface area (Å²) < 4.78 is 0. The van der Waals surface area contributed by atoms with Crippen LogP contribution in [0.4, 0.5) is 0 Å². The molecule has 0 heterocycles. The molecule has 59 heavy (non-hydrogen) atoms. The van der Waals surface area contributed by atoms with E-state index in [1.54, 1.807) is 0 Å². The summed E-state index contributed by atoms with van der Waals surface area (Å²) in [5.74, 6) is -0.350. The number of carbonyl (C=O) groups excluding carboxylic acids is 1. The molecule has 3 unspecified atom stereocenters. The minimum absolute atomic E-state index is 0.237. The predicted octanol–water partition coefficient (Wildman–Crippen LogP) is 17.6. The molecular weight excluding hydrogens is 725 g/mol. The van der Waals surface area contributed by atoms with Crippen molar-refractivity contribution >= 4 is 5.78 Å². The van der Waals surface area contributed by atoms with Crippen LogP contribution < -0.4 is 0 Å². The number of allylic oxidation sites excluding steroid dienone is 2. The van der Waals surface area contributed by atoms with Gasteiger partial charge < -0.3 is 15.3 Å². The summed E-state index contributed by atoms with van der Waals surface area (Å²) in [5.41, 5.74) is -2.05. The highest BCUT2D eigenvalue weighted by Gasteiger charge is 2.47. The van der Waals surface area contributed by atoms with Crippen LogP contribution in [-0.4, -0.2) is 38.9 Å². The Bertz CT molecular complexity index is 856. The lowest BCUT2D eigenvalue weighted by molar-refractivity contribution is -0.174. The lowest BCUT2D eigenvalue weighted by Crippen LogP contribution is -2.58. The Hall–Kier alpha value is -0.710. The summed E-state index contributed by atoms with van der Waals surface area (Å²) in [6, 6.07) is 0. The summed E-state index contributed by atoms with van der Waals surface area (Å²) in [5, 5.41) is 34.5. The number of aliphatic hydroxyl groups is 3. The molecule has 0 bridgehead atoms. The molecule has 0 amide bonds. The summed E-state index contributed by atoms with van der Waals surface area (Å²) in [6.07, 6.45) is 57.1. The van der Waals surface area contributed by atoms with Gasteiger partial charge in [-0.15, -0.1) is 0 Å². The molecule has 0 saturated carbocycles. The molecule has 4 heteroatoms. The van der Waals surface area contributed by atoms with Crippen molar-refractivity contribution in [3.8, 4) is 0 Å². The van der Waals surface area contributed by atoms with E-state index in [4.69, 9.17) is 0 Å². The SMILES string of the molecule is CCCCCCCC/C=C\CCCCCCCC(=O)C(O)(C(O)CCCCCCCCCCCCCCCC)C(O)CCCCCCCCCCCCCCCCCC. The molecule has 0 aromatic carbocycles. The molecule has 3 atom stereocenters. The minimum Gasteiger partial charge on any atom is -0.390 e. The van der Waals surface area contributed by atoms with Gasteiger partial charge in [-0.05, 0) is 44.9 Å². The minimum atomic E-state index is -2.05. The fourth-order valence-corrected chi connectivity index (χ4v) is 9.01. The van der Waals surface area contributed by atoms with Crippen LogP contribution in [0.25, 0.3) is 0 Å². The van der Waals surface area contributed by atoms with Crippen LogP contribution in [0.15, 0.2) is 12.2 Å². The van der Waals surface area contributed by atoms with Crippen LogP contribution in [0.1, 0.15) is 316 Å². The van der Waals surface area contributed by atoms with Crippen LogP contribution in [0.3, 0.4) is 0 Å². The summed E-state index contributed by atoms with van der Waals surface area (Å²) >= 11 is 0. The molecule has 352 valence electrons. The molecule has 0 radical (unpaired) electrons. The molecule has 0 aromatic heterocycles. The zero-order valence-electron chi connectivity index (χ0n) is 40.6. The molecule has 0 fully saturated rings. The summed E-state index contributed by atoms with van der Waals surface area (Å²) in [4.78, 5) is 13.6. The van der Waals surface area contributed by atoms with Crippen LogP contribution in [0, 0.1) is 0 Å². The number of unbranched alkanes of at least 4 members (excludes halogenated alkanes) is 39. The van der Waals surface area contributed by atoms with E-state index in [0.717, 1.165) is 64.2 Å². The third kappa shape index (κ3) is 37.6. The third-order valence-electron chi connectivity index (χ3n) is 13.3. The van der Waals surface area contributed by atoms with Gasteiger partial charge >= 0.3 is 0 Å². The molecule has 0 aliphatic rings. The number of hydrogen-bond acceptors (Lipinski definition) is 4. The highest BCUT2D eigenvalue weighted by molar-refractivity contribution is 5.88. The second kappa shape index (κ2) is 46.8. The number of Topliss-reactive ketones (excluding diaryl/α,β-unsaturated/α-hetero) is 1. The summed E-state index contributed by atoms with van der Waals surface area (Å²) in [7, 11) is 0. The number of rotatable bonds is 50. The Kier molecular flexibility index (Phi) is 46.2. The van der Waals surface area contributed by atoms with Gasteiger partial charge in [0.05, 0.1) is 12.2 Å². The average molecular weight is 833 g/mol. The van der Waals surface area contributed by atoms with Crippen LogP contribution in [0.2, 0.25) is 0 Å². The molecule has 0 aromatic rings. The van der Waals surface area contributed by atoms with Crippen molar-refractivity contribution in [1.29, 1.82) is 0 Å². The van der Waals surface area contributed by atoms with Crippen molar-refractivity contribution in [2.24, 2.45) is 0 Å². The smallest absolute Gasteiger partial charge is 0.174 e. The van der Waals surface area contributed by atoms with E-state index in [2.05, 4.69) is 32.9 Å². The fourth-order valence-electron chi connectivity index (χ4n) is 9.01. The van der Waals surface area contributed by atoms with Crippen molar-refractivity contribution in [2.75, 3.05) is 0 Å². The first-order valence-electron chi connectivity index (χ1n) is 27.2. The Labute approximate surface area is 370 Å². The average Bonchev–Trinajstić information content (AvgIpc) is 3.24. The maximum Gasteiger partial charge on any atom is 0.174 e. The highest BCUT2D eigenvalue weighted by atomic mass is 16.4. The highest BCUT2D eigenvalue weighted by Crippen LogP contribution is 2.28. The first-order chi connectivity index (χ1) is 28.9. The van der Waals surface area contributed by atoms with Crippen LogP contribution in [-0.2, 0) is 4.79 Å². The van der Waals surface area contributed by atoms with Crippen molar-refractivity contribution < 1.29 is 20.1 Å². The van der Waals surface area contributed by atoms with Crippen LogP contribution >= 0.6 is 0 Å². The third-order valence-corrected chi connectivity index (χ3v) is 13.3. The zero-order chi connectivity index (χ0) is 43.2. The topological polar surface area (TPSA) is 77.8 Å². The molecule has 0 saturated heterocycles. The number of hydrogen-bond donors (Lipinski definition) is 3. The Morgan fingerprint density at radius 3 is 0.847 bits per heavy atom. The van der Waals surface area contributed by atoms with E-state index in [1.165, 1.54) is 205 Å². The van der Waals surface area contributed by atoms with E-state index in [1.807, 2.05) is 0 Å². The van der Waals surface area contributed by atoms with Crippen molar-refractivity contribution in [2.45, 2.75) is 334 Å². The van der Waals surface area contributed by atoms with Crippen molar-refractivity contribution in [3.63, 3.8) is 0 Å². The fraction of sp³-hybridized carbons (Fsp3) is 0.945. The van der Waals surface area contributed by atoms with Gasteiger partial charge in [0, 0.05) is 6.42 Å². The zero-order valence-corrected chi connectivity index (χ0v) is 40.6. The number of ketones is 1. The lowest BCUT2D eigenvalue weighted by Gasteiger charge is -2.36. The van der Waals surface area contributed by atoms with Gasteiger partial charge in [0.15, 0.2) is 11.4 Å².